The molecule has 0 spiro atoms. The van der Waals surface area contributed by atoms with Crippen molar-refractivity contribution in [3.8, 4) is 5.75 Å². The number of hydrogen-bond donors (Lipinski definition) is 2. The summed E-state index contributed by atoms with van der Waals surface area (Å²) in [5.41, 5.74) is 4.42. The van der Waals surface area contributed by atoms with Crippen molar-refractivity contribution in [3.63, 3.8) is 0 Å². The highest BCUT2D eigenvalue weighted by atomic mass is 79.9. The molecular formula is C17H17BrN2O5S. The monoisotopic (exact) mass is 440 g/mol. The van der Waals surface area contributed by atoms with Gasteiger partial charge in [0.2, 0.25) is 0 Å². The third kappa shape index (κ3) is 7.24. The molecule has 2 aromatic rings. The van der Waals surface area contributed by atoms with E-state index in [4.69, 9.17) is 9.47 Å². The van der Waals surface area contributed by atoms with E-state index in [9.17, 15) is 14.4 Å². The maximum Gasteiger partial charge on any atom is 0.306 e. The van der Waals surface area contributed by atoms with Gasteiger partial charge in [-0.1, -0.05) is 28.1 Å². The molecule has 2 N–H and O–H groups in total. The van der Waals surface area contributed by atoms with E-state index in [2.05, 4.69) is 26.8 Å². The first kappa shape index (κ1) is 19.9. The van der Waals surface area contributed by atoms with Crippen LogP contribution in [0, 0.1) is 0 Å². The molecule has 0 aliphatic heterocycles. The molecule has 26 heavy (non-hydrogen) atoms. The third-order valence-electron chi connectivity index (χ3n) is 3.01. The number of carbonyl (C=O) groups excluding carboxylic acids is 3. The summed E-state index contributed by atoms with van der Waals surface area (Å²) in [6.07, 6.45) is 0.588. The summed E-state index contributed by atoms with van der Waals surface area (Å²) in [6, 6.07) is 10.7. The molecule has 138 valence electrons. The largest absolute Gasteiger partial charge is 0.494 e. The second-order valence-electron chi connectivity index (χ2n) is 5.05. The summed E-state index contributed by atoms with van der Waals surface area (Å²) in [6.45, 7) is -0.106. The quantitative estimate of drug-likeness (QED) is 0.373. The van der Waals surface area contributed by atoms with Crippen LogP contribution >= 0.6 is 27.3 Å². The molecule has 1 aromatic heterocycles. The molecule has 0 fully saturated rings. The summed E-state index contributed by atoms with van der Waals surface area (Å²) in [4.78, 5) is 35.2. The van der Waals surface area contributed by atoms with E-state index in [0.717, 1.165) is 4.47 Å². The zero-order chi connectivity index (χ0) is 18.8. The van der Waals surface area contributed by atoms with Gasteiger partial charge in [-0.3, -0.25) is 25.2 Å². The first-order valence-corrected chi connectivity index (χ1v) is 9.38. The first-order chi connectivity index (χ1) is 12.5. The Labute approximate surface area is 162 Å². The van der Waals surface area contributed by atoms with Gasteiger partial charge >= 0.3 is 5.97 Å². The predicted molar refractivity (Wildman–Crippen MR) is 99.8 cm³/mol. The van der Waals surface area contributed by atoms with E-state index in [0.29, 0.717) is 23.7 Å². The van der Waals surface area contributed by atoms with E-state index >= 15 is 0 Å². The first-order valence-electron chi connectivity index (χ1n) is 7.71. The van der Waals surface area contributed by atoms with Crippen LogP contribution in [0.4, 0.5) is 0 Å². The van der Waals surface area contributed by atoms with Crippen LogP contribution in [-0.2, 0) is 14.3 Å². The van der Waals surface area contributed by atoms with Gasteiger partial charge in [-0.25, -0.2) is 0 Å². The molecule has 0 aliphatic carbocycles. The number of hydrogen-bond acceptors (Lipinski definition) is 6. The minimum absolute atomic E-state index is 0.128. The number of carbonyl (C=O) groups is 3. The lowest BCUT2D eigenvalue weighted by atomic mass is 10.3. The average Bonchev–Trinajstić information content (AvgIpc) is 3.16. The zero-order valence-corrected chi connectivity index (χ0v) is 16.1. The molecule has 0 radical (unpaired) electrons. The third-order valence-corrected chi connectivity index (χ3v) is 4.38. The SMILES string of the molecule is O=C(COC(=O)CCCOc1cccc(Br)c1)NNC(=O)c1cccs1. The van der Waals surface area contributed by atoms with Crippen molar-refractivity contribution in [3.05, 3.63) is 51.1 Å². The summed E-state index contributed by atoms with van der Waals surface area (Å²) in [5.74, 6) is -0.853. The van der Waals surface area contributed by atoms with Gasteiger partial charge < -0.3 is 9.47 Å². The van der Waals surface area contributed by atoms with E-state index in [1.54, 1.807) is 17.5 Å². The van der Waals surface area contributed by atoms with Gasteiger partial charge in [0.25, 0.3) is 11.8 Å². The minimum Gasteiger partial charge on any atom is -0.494 e. The second-order valence-corrected chi connectivity index (χ2v) is 6.91. The highest BCUT2D eigenvalue weighted by Crippen LogP contribution is 2.17. The lowest BCUT2D eigenvalue weighted by molar-refractivity contribution is -0.148. The molecule has 1 aromatic carbocycles. The fraction of sp³-hybridized carbons (Fsp3) is 0.235. The van der Waals surface area contributed by atoms with Crippen LogP contribution < -0.4 is 15.6 Å². The van der Waals surface area contributed by atoms with Crippen LogP contribution in [0.1, 0.15) is 22.5 Å². The summed E-state index contributed by atoms with van der Waals surface area (Å²) in [5, 5.41) is 1.75. The van der Waals surface area contributed by atoms with Gasteiger partial charge in [0.15, 0.2) is 6.61 Å². The van der Waals surface area contributed by atoms with Gasteiger partial charge in [0, 0.05) is 10.9 Å². The number of esters is 1. The Morgan fingerprint density at radius 1 is 1.12 bits per heavy atom. The zero-order valence-electron chi connectivity index (χ0n) is 13.7. The lowest BCUT2D eigenvalue weighted by Crippen LogP contribution is -2.43. The molecule has 2 amide bonds. The van der Waals surface area contributed by atoms with Crippen molar-refractivity contribution in [2.75, 3.05) is 13.2 Å². The van der Waals surface area contributed by atoms with Crippen LogP contribution in [0.25, 0.3) is 0 Å². The van der Waals surface area contributed by atoms with Crippen molar-refractivity contribution in [1.29, 1.82) is 0 Å². The molecule has 0 saturated carbocycles. The van der Waals surface area contributed by atoms with Crippen LogP contribution in [0.2, 0.25) is 0 Å². The highest BCUT2D eigenvalue weighted by molar-refractivity contribution is 9.10. The van der Waals surface area contributed by atoms with Gasteiger partial charge in [-0.2, -0.15) is 0 Å². The Morgan fingerprint density at radius 2 is 1.96 bits per heavy atom. The number of thiophene rings is 1. The van der Waals surface area contributed by atoms with Crippen molar-refractivity contribution >= 4 is 45.1 Å². The second kappa shape index (κ2) is 10.6. The molecule has 0 bridgehead atoms. The van der Waals surface area contributed by atoms with Crippen LogP contribution in [0.5, 0.6) is 5.75 Å². The van der Waals surface area contributed by atoms with Crippen molar-refractivity contribution in [2.45, 2.75) is 12.8 Å². The van der Waals surface area contributed by atoms with Crippen molar-refractivity contribution < 1.29 is 23.9 Å². The number of hydrazine groups is 1. The van der Waals surface area contributed by atoms with E-state index in [1.807, 2.05) is 24.3 Å². The van der Waals surface area contributed by atoms with Crippen LogP contribution in [0.3, 0.4) is 0 Å². The number of rotatable bonds is 8. The molecule has 1 heterocycles. The lowest BCUT2D eigenvalue weighted by Gasteiger charge is -2.08. The smallest absolute Gasteiger partial charge is 0.306 e. The maximum atomic E-state index is 11.6. The molecule has 7 nitrogen and oxygen atoms in total. The van der Waals surface area contributed by atoms with Gasteiger partial charge in [0.05, 0.1) is 11.5 Å². The number of halogens is 1. The van der Waals surface area contributed by atoms with E-state index < -0.39 is 24.4 Å². The standard InChI is InChI=1S/C17H17BrN2O5S/c18-12-4-1-5-13(10-12)24-8-2-7-16(22)25-11-15(21)19-20-17(23)14-6-3-9-26-14/h1,3-6,9-10H,2,7-8,11H2,(H,19,21)(H,20,23). The predicted octanol–water partition coefficient (Wildman–Crippen LogP) is 2.67. The Bertz CT molecular complexity index is 751. The minimum atomic E-state index is -0.617. The van der Waals surface area contributed by atoms with Gasteiger partial charge in [0.1, 0.15) is 5.75 Å². The molecule has 2 rings (SSSR count). The van der Waals surface area contributed by atoms with Crippen molar-refractivity contribution in [1.82, 2.24) is 10.9 Å². The van der Waals surface area contributed by atoms with Crippen LogP contribution in [0.15, 0.2) is 46.3 Å². The van der Waals surface area contributed by atoms with Gasteiger partial charge in [-0.05, 0) is 36.1 Å². The molecule has 0 unspecified atom stereocenters. The fourth-order valence-electron chi connectivity index (χ4n) is 1.81. The Kier molecular flexibility index (Phi) is 8.10. The molecule has 0 saturated heterocycles. The molecule has 0 atom stereocenters. The van der Waals surface area contributed by atoms with Crippen LogP contribution in [-0.4, -0.2) is 31.0 Å². The molecule has 0 aliphatic rings. The van der Waals surface area contributed by atoms with Crippen molar-refractivity contribution in [2.24, 2.45) is 0 Å². The summed E-state index contributed by atoms with van der Waals surface area (Å²) >= 11 is 4.59. The number of amides is 2. The van der Waals surface area contributed by atoms with E-state index in [1.165, 1.54) is 11.3 Å². The maximum absolute atomic E-state index is 11.6. The Hall–Kier alpha value is -2.39. The Balaban J connectivity index is 1.55. The molecule has 9 heteroatoms. The summed E-state index contributed by atoms with van der Waals surface area (Å²) < 4.78 is 11.2. The summed E-state index contributed by atoms with van der Waals surface area (Å²) in [7, 11) is 0. The normalized spacial score (nSPS) is 10.0. The number of ether oxygens (including phenoxy) is 2. The molecular weight excluding hydrogens is 424 g/mol. The fourth-order valence-corrected chi connectivity index (χ4v) is 2.81. The van der Waals surface area contributed by atoms with Gasteiger partial charge in [-0.15, -0.1) is 11.3 Å². The Morgan fingerprint density at radius 3 is 2.69 bits per heavy atom. The topological polar surface area (TPSA) is 93.7 Å². The average molecular weight is 441 g/mol. The number of nitrogens with one attached hydrogen (secondary N) is 2. The van der Waals surface area contributed by atoms with E-state index in [-0.39, 0.29) is 6.42 Å². The number of benzene rings is 1. The highest BCUT2D eigenvalue weighted by Gasteiger charge is 2.10.